The molecule has 1 aliphatic rings. The maximum atomic E-state index is 14.5. The number of hydrogen-bond donors (Lipinski definition) is 2. The topological polar surface area (TPSA) is 101 Å². The van der Waals surface area contributed by atoms with E-state index in [1.54, 1.807) is 30.7 Å². The van der Waals surface area contributed by atoms with Crippen LogP contribution in [-0.4, -0.2) is 47.0 Å². The molecule has 0 atom stereocenters. The summed E-state index contributed by atoms with van der Waals surface area (Å²) >= 11 is 0. The second-order valence-corrected chi connectivity index (χ2v) is 6.39. The fraction of sp³-hybridized carbons (Fsp3) is 0.200. The Balaban J connectivity index is 1.71. The van der Waals surface area contributed by atoms with Gasteiger partial charge in [0.1, 0.15) is 11.6 Å². The average molecular weight is 378 g/mol. The summed E-state index contributed by atoms with van der Waals surface area (Å²) < 4.78 is 19.8. The van der Waals surface area contributed by atoms with Crippen LogP contribution in [0.2, 0.25) is 0 Å². The summed E-state index contributed by atoms with van der Waals surface area (Å²) in [6.45, 7) is 2.76. The lowest BCUT2D eigenvalue weighted by Gasteiger charge is -2.28. The number of nitrogens with zero attached hydrogens (tertiary/aromatic N) is 4. The molecule has 0 unspecified atom stereocenters. The number of aromatic nitrogens is 3. The molecule has 3 N–H and O–H groups in total. The molecular formula is C20H19FN6O. The largest absolute Gasteiger partial charge is 0.396 e. The van der Waals surface area contributed by atoms with Crippen LogP contribution in [0, 0.1) is 11.2 Å². The Kier molecular flexibility index (Phi) is 4.94. The molecule has 8 heteroatoms. The SMILES string of the molecule is N=C(c1ccnc(N2CCOCC2)c1)c1cc(-c2cnccn2)cc(F)c1N. The van der Waals surface area contributed by atoms with Crippen molar-refractivity contribution in [3.8, 4) is 11.3 Å². The third kappa shape index (κ3) is 3.54. The van der Waals surface area contributed by atoms with Gasteiger partial charge >= 0.3 is 0 Å². The first kappa shape index (κ1) is 18.0. The zero-order chi connectivity index (χ0) is 19.5. The Morgan fingerprint density at radius 1 is 1.11 bits per heavy atom. The van der Waals surface area contributed by atoms with E-state index in [-0.39, 0.29) is 11.4 Å². The van der Waals surface area contributed by atoms with Crippen LogP contribution in [0.3, 0.4) is 0 Å². The summed E-state index contributed by atoms with van der Waals surface area (Å²) in [4.78, 5) is 14.7. The van der Waals surface area contributed by atoms with Crippen molar-refractivity contribution < 1.29 is 9.13 Å². The van der Waals surface area contributed by atoms with E-state index in [2.05, 4.69) is 19.9 Å². The molecule has 2 aromatic heterocycles. The maximum Gasteiger partial charge on any atom is 0.147 e. The van der Waals surface area contributed by atoms with Gasteiger partial charge in [0.25, 0.3) is 0 Å². The number of hydrogen-bond acceptors (Lipinski definition) is 7. The molecule has 3 heterocycles. The molecule has 0 radical (unpaired) electrons. The van der Waals surface area contributed by atoms with Gasteiger partial charge in [-0.3, -0.25) is 15.4 Å². The highest BCUT2D eigenvalue weighted by atomic mass is 19.1. The zero-order valence-corrected chi connectivity index (χ0v) is 15.1. The van der Waals surface area contributed by atoms with E-state index in [0.717, 1.165) is 18.9 Å². The van der Waals surface area contributed by atoms with Gasteiger partial charge in [0.05, 0.1) is 36.5 Å². The highest BCUT2D eigenvalue weighted by molar-refractivity contribution is 6.14. The standard InChI is InChI=1S/C20H19FN6O/c21-16-10-14(17-12-24-3-4-25-17)9-15(20(16)23)19(22)13-1-2-26-18(11-13)27-5-7-28-8-6-27/h1-4,9-12,22H,5-8,23H2. The molecule has 0 amide bonds. The number of anilines is 2. The summed E-state index contributed by atoms with van der Waals surface area (Å²) in [5.41, 5.74) is 7.96. The first-order chi connectivity index (χ1) is 13.6. The Morgan fingerprint density at radius 2 is 1.93 bits per heavy atom. The van der Waals surface area contributed by atoms with Gasteiger partial charge in [-0.15, -0.1) is 0 Å². The van der Waals surface area contributed by atoms with E-state index in [0.29, 0.717) is 35.6 Å². The Labute approximate surface area is 161 Å². The van der Waals surface area contributed by atoms with Crippen molar-refractivity contribution in [3.63, 3.8) is 0 Å². The molecule has 0 bridgehead atoms. The van der Waals surface area contributed by atoms with E-state index in [4.69, 9.17) is 15.9 Å². The minimum Gasteiger partial charge on any atom is -0.396 e. The lowest BCUT2D eigenvalue weighted by molar-refractivity contribution is 0.122. The normalized spacial score (nSPS) is 14.1. The van der Waals surface area contributed by atoms with Gasteiger partial charge in [0.15, 0.2) is 0 Å². The summed E-state index contributed by atoms with van der Waals surface area (Å²) in [6.07, 6.45) is 6.27. The van der Waals surface area contributed by atoms with Crippen molar-refractivity contribution in [1.82, 2.24) is 15.0 Å². The van der Waals surface area contributed by atoms with Crippen LogP contribution in [0.1, 0.15) is 11.1 Å². The number of nitrogens with one attached hydrogen (secondary N) is 1. The van der Waals surface area contributed by atoms with Crippen molar-refractivity contribution in [2.24, 2.45) is 0 Å². The van der Waals surface area contributed by atoms with Crippen LogP contribution in [0.5, 0.6) is 0 Å². The van der Waals surface area contributed by atoms with Crippen LogP contribution in [-0.2, 0) is 4.74 Å². The highest BCUT2D eigenvalue weighted by Gasteiger charge is 2.18. The minimum absolute atomic E-state index is 0.0672. The van der Waals surface area contributed by atoms with Crippen molar-refractivity contribution >= 4 is 17.2 Å². The number of nitrogen functional groups attached to an aromatic ring is 1. The minimum atomic E-state index is -0.592. The molecule has 142 valence electrons. The number of nitrogens with two attached hydrogens (primary N) is 1. The summed E-state index contributed by atoms with van der Waals surface area (Å²) in [6, 6.07) is 6.51. The van der Waals surface area contributed by atoms with Crippen molar-refractivity contribution in [2.75, 3.05) is 36.9 Å². The number of pyridine rings is 1. The quantitative estimate of drug-likeness (QED) is 0.534. The van der Waals surface area contributed by atoms with Crippen LogP contribution in [0.25, 0.3) is 11.3 Å². The van der Waals surface area contributed by atoms with Gasteiger partial charge in [0.2, 0.25) is 0 Å². The molecule has 0 saturated carbocycles. The number of rotatable bonds is 4. The van der Waals surface area contributed by atoms with E-state index >= 15 is 0 Å². The van der Waals surface area contributed by atoms with Crippen LogP contribution >= 0.6 is 0 Å². The van der Waals surface area contributed by atoms with E-state index in [9.17, 15) is 4.39 Å². The lowest BCUT2D eigenvalue weighted by atomic mass is 9.98. The van der Waals surface area contributed by atoms with E-state index < -0.39 is 5.82 Å². The van der Waals surface area contributed by atoms with Crippen molar-refractivity contribution in [2.45, 2.75) is 0 Å². The van der Waals surface area contributed by atoms with Crippen molar-refractivity contribution in [3.05, 3.63) is 66.0 Å². The number of halogens is 1. The first-order valence-electron chi connectivity index (χ1n) is 8.87. The molecule has 1 saturated heterocycles. The third-order valence-corrected chi connectivity index (χ3v) is 4.63. The van der Waals surface area contributed by atoms with Crippen molar-refractivity contribution in [1.29, 1.82) is 5.41 Å². The first-order valence-corrected chi connectivity index (χ1v) is 8.87. The van der Waals surface area contributed by atoms with Gasteiger partial charge in [0, 0.05) is 48.4 Å². The zero-order valence-electron chi connectivity index (χ0n) is 15.1. The van der Waals surface area contributed by atoms with Gasteiger partial charge < -0.3 is 15.4 Å². The average Bonchev–Trinajstić information content (AvgIpc) is 2.76. The van der Waals surface area contributed by atoms with Gasteiger partial charge in [-0.1, -0.05) is 0 Å². The Bertz CT molecular complexity index is 1000. The lowest BCUT2D eigenvalue weighted by Crippen LogP contribution is -2.36. The monoisotopic (exact) mass is 378 g/mol. The molecule has 3 aromatic rings. The number of morpholine rings is 1. The van der Waals surface area contributed by atoms with Crippen LogP contribution in [0.4, 0.5) is 15.9 Å². The molecule has 1 aromatic carbocycles. The molecule has 4 rings (SSSR count). The van der Waals surface area contributed by atoms with Gasteiger partial charge in [-0.2, -0.15) is 0 Å². The smallest absolute Gasteiger partial charge is 0.147 e. The van der Waals surface area contributed by atoms with E-state index in [1.807, 2.05) is 6.07 Å². The van der Waals surface area contributed by atoms with Gasteiger partial charge in [-0.25, -0.2) is 9.37 Å². The second kappa shape index (κ2) is 7.69. The molecule has 1 fully saturated rings. The third-order valence-electron chi connectivity index (χ3n) is 4.63. The van der Waals surface area contributed by atoms with Crippen LogP contribution < -0.4 is 10.6 Å². The molecular weight excluding hydrogens is 359 g/mol. The Morgan fingerprint density at radius 3 is 2.68 bits per heavy atom. The van der Waals surface area contributed by atoms with Crippen LogP contribution in [0.15, 0.2) is 49.1 Å². The van der Waals surface area contributed by atoms with Gasteiger partial charge in [-0.05, 0) is 24.3 Å². The fourth-order valence-electron chi connectivity index (χ4n) is 3.12. The molecule has 7 nitrogen and oxygen atoms in total. The summed E-state index contributed by atoms with van der Waals surface area (Å²) in [7, 11) is 0. The van der Waals surface area contributed by atoms with E-state index in [1.165, 1.54) is 12.3 Å². The maximum absolute atomic E-state index is 14.5. The fourth-order valence-corrected chi connectivity index (χ4v) is 3.12. The molecule has 0 spiro atoms. The molecule has 0 aliphatic carbocycles. The summed E-state index contributed by atoms with van der Waals surface area (Å²) in [5, 5.41) is 8.62. The molecule has 28 heavy (non-hydrogen) atoms. The number of ether oxygens (including phenoxy) is 1. The summed E-state index contributed by atoms with van der Waals surface area (Å²) in [5.74, 6) is 0.167. The highest BCUT2D eigenvalue weighted by Crippen LogP contribution is 2.27. The number of benzene rings is 1. The predicted octanol–water partition coefficient (Wildman–Crippen LogP) is 2.51. The Hall–Kier alpha value is -3.39. The molecule has 1 aliphatic heterocycles. The predicted molar refractivity (Wildman–Crippen MR) is 105 cm³/mol. The second-order valence-electron chi connectivity index (χ2n) is 6.39.